The summed E-state index contributed by atoms with van der Waals surface area (Å²) in [6.07, 6.45) is 3.84. The minimum Gasteiger partial charge on any atom is -0.0654 e. The molecular formula is C10H14I+. The first-order valence-corrected chi connectivity index (χ1v) is 5.26. The van der Waals surface area contributed by atoms with Crippen LogP contribution < -0.4 is 22.6 Å². The third-order valence-electron chi connectivity index (χ3n) is 1.77. The van der Waals surface area contributed by atoms with Crippen LogP contribution in [0.4, 0.5) is 0 Å². The second-order valence-corrected chi connectivity index (χ2v) is 3.97. The van der Waals surface area contributed by atoms with Crippen LogP contribution in [0.3, 0.4) is 0 Å². The molecule has 11 heavy (non-hydrogen) atoms. The molecule has 60 valence electrons. The van der Waals surface area contributed by atoms with E-state index in [0.29, 0.717) is 0 Å². The van der Waals surface area contributed by atoms with Gasteiger partial charge in [-0.15, -0.1) is 0 Å². The Kier molecular flexibility index (Phi) is 3.91. The quantitative estimate of drug-likeness (QED) is 0.643. The molecule has 1 heteroatoms. The van der Waals surface area contributed by atoms with E-state index in [0.717, 1.165) is 0 Å². The molecule has 1 aromatic rings. The van der Waals surface area contributed by atoms with Gasteiger partial charge >= 0.3 is 0 Å². The molecule has 0 bridgehead atoms. The highest BCUT2D eigenvalue weighted by atomic mass is 127. The van der Waals surface area contributed by atoms with Crippen molar-refractivity contribution in [2.75, 3.05) is 0 Å². The van der Waals surface area contributed by atoms with E-state index in [-0.39, 0.29) is 0 Å². The van der Waals surface area contributed by atoms with E-state index in [4.69, 9.17) is 0 Å². The molecular weight excluding hydrogens is 247 g/mol. The molecule has 1 aromatic carbocycles. The Labute approximate surface area is 82.2 Å². The fraction of sp³-hybridized carbons (Fsp3) is 0.400. The zero-order chi connectivity index (χ0) is 8.10. The van der Waals surface area contributed by atoms with E-state index in [1.54, 1.807) is 0 Å². The van der Waals surface area contributed by atoms with Crippen molar-refractivity contribution in [2.45, 2.75) is 26.2 Å². The van der Waals surface area contributed by atoms with Gasteiger partial charge in [0.25, 0.3) is 22.6 Å². The van der Waals surface area contributed by atoms with Gasteiger partial charge in [-0.1, -0.05) is 31.5 Å². The lowest BCUT2D eigenvalue weighted by molar-refractivity contribution is -0.329. The van der Waals surface area contributed by atoms with Crippen molar-refractivity contribution in [1.82, 2.24) is 0 Å². The largest absolute Gasteiger partial charge is 0.297 e. The average Bonchev–Trinajstić information content (AvgIpc) is 2.03. The molecule has 0 aliphatic carbocycles. The highest BCUT2D eigenvalue weighted by Gasteiger charge is 2.02. The standard InChI is InChI=1S/C10H14I/c1-2-3-6-9-7-4-5-8-10(9)11/h4-5,7-8,11H,2-3,6H2,1H3/q+1. The second-order valence-electron chi connectivity index (χ2n) is 2.71. The van der Waals surface area contributed by atoms with Crippen LogP contribution >= 0.6 is 0 Å². The van der Waals surface area contributed by atoms with Crippen LogP contribution in [0, 0.1) is 3.57 Å². The summed E-state index contributed by atoms with van der Waals surface area (Å²) in [6.45, 7) is 2.24. The van der Waals surface area contributed by atoms with Gasteiger partial charge in [-0.25, -0.2) is 0 Å². The van der Waals surface area contributed by atoms with E-state index in [1.807, 2.05) is 0 Å². The van der Waals surface area contributed by atoms with Gasteiger partial charge in [0, 0.05) is 5.56 Å². The summed E-state index contributed by atoms with van der Waals surface area (Å²) in [4.78, 5) is 0. The van der Waals surface area contributed by atoms with Gasteiger partial charge in [-0.3, -0.25) is 0 Å². The summed E-state index contributed by atoms with van der Waals surface area (Å²) >= 11 is 2.11. The van der Waals surface area contributed by atoms with E-state index in [2.05, 4.69) is 53.8 Å². The predicted molar refractivity (Wildman–Crippen MR) is 45.1 cm³/mol. The smallest absolute Gasteiger partial charge is 0.0654 e. The van der Waals surface area contributed by atoms with Crippen LogP contribution in [0.25, 0.3) is 0 Å². The summed E-state index contributed by atoms with van der Waals surface area (Å²) in [6, 6.07) is 8.65. The van der Waals surface area contributed by atoms with Crippen molar-refractivity contribution in [3.8, 4) is 0 Å². The van der Waals surface area contributed by atoms with Crippen LogP contribution in [0.2, 0.25) is 0 Å². The highest BCUT2D eigenvalue weighted by molar-refractivity contribution is 5.13. The van der Waals surface area contributed by atoms with Crippen molar-refractivity contribution in [2.24, 2.45) is 0 Å². The molecule has 0 radical (unpaired) electrons. The van der Waals surface area contributed by atoms with Gasteiger partial charge in [0.1, 0.15) is 0 Å². The Morgan fingerprint density at radius 2 is 2.00 bits per heavy atom. The molecule has 0 spiro atoms. The minimum absolute atomic E-state index is 1.24. The highest BCUT2D eigenvalue weighted by Crippen LogP contribution is 2.03. The molecule has 0 heterocycles. The maximum absolute atomic E-state index is 2.24. The normalized spacial score (nSPS) is 10.0. The van der Waals surface area contributed by atoms with E-state index in [1.165, 1.54) is 28.4 Å². The molecule has 0 aliphatic heterocycles. The first-order valence-electron chi connectivity index (χ1n) is 4.09. The van der Waals surface area contributed by atoms with Gasteiger partial charge in [0.05, 0.1) is 0 Å². The Morgan fingerprint density at radius 1 is 1.27 bits per heavy atom. The number of halogens is 1. The van der Waals surface area contributed by atoms with Crippen LogP contribution in [0.15, 0.2) is 24.3 Å². The first-order chi connectivity index (χ1) is 5.34. The Morgan fingerprint density at radius 3 is 2.64 bits per heavy atom. The number of hydrogen-bond donors (Lipinski definition) is 0. The number of rotatable bonds is 3. The minimum atomic E-state index is 1.24. The number of hydrogen-bond acceptors (Lipinski definition) is 0. The third kappa shape index (κ3) is 2.81. The number of unbranched alkanes of at least 4 members (excludes halogenated alkanes) is 1. The van der Waals surface area contributed by atoms with Crippen molar-refractivity contribution >= 4 is 0 Å². The van der Waals surface area contributed by atoms with Crippen molar-refractivity contribution < 1.29 is 22.6 Å². The third-order valence-corrected chi connectivity index (χ3v) is 2.91. The van der Waals surface area contributed by atoms with Crippen molar-refractivity contribution in [3.63, 3.8) is 0 Å². The lowest BCUT2D eigenvalue weighted by Gasteiger charge is -1.96. The van der Waals surface area contributed by atoms with Crippen LogP contribution in [-0.2, 0) is 6.42 Å². The number of aryl methyl sites for hydroxylation is 1. The van der Waals surface area contributed by atoms with Crippen molar-refractivity contribution in [1.29, 1.82) is 0 Å². The molecule has 0 aromatic heterocycles. The first kappa shape index (κ1) is 9.04. The average molecular weight is 261 g/mol. The summed E-state index contributed by atoms with van der Waals surface area (Å²) in [5.41, 5.74) is 1.51. The zero-order valence-electron chi connectivity index (χ0n) is 6.84. The molecule has 0 fully saturated rings. The summed E-state index contributed by atoms with van der Waals surface area (Å²) in [7, 11) is 0. The predicted octanol–water partition coefficient (Wildman–Crippen LogP) is -0.516. The van der Waals surface area contributed by atoms with E-state index >= 15 is 0 Å². The van der Waals surface area contributed by atoms with E-state index < -0.39 is 0 Å². The van der Waals surface area contributed by atoms with Crippen LogP contribution in [-0.4, -0.2) is 0 Å². The van der Waals surface area contributed by atoms with Crippen LogP contribution in [0.1, 0.15) is 25.3 Å². The second kappa shape index (κ2) is 4.75. The van der Waals surface area contributed by atoms with Gasteiger partial charge in [-0.2, -0.15) is 0 Å². The summed E-state index contributed by atoms with van der Waals surface area (Å²) < 4.78 is 1.44. The monoisotopic (exact) mass is 261 g/mol. The lowest BCUT2D eigenvalue weighted by atomic mass is 10.1. The maximum atomic E-state index is 2.24. The lowest BCUT2D eigenvalue weighted by Crippen LogP contribution is -3.34. The number of benzene rings is 1. The van der Waals surface area contributed by atoms with Gasteiger partial charge < -0.3 is 0 Å². The molecule has 1 rings (SSSR count). The topological polar surface area (TPSA) is 0 Å². The van der Waals surface area contributed by atoms with Gasteiger partial charge in [0.15, 0.2) is 3.57 Å². The fourth-order valence-corrected chi connectivity index (χ4v) is 1.79. The summed E-state index contributed by atoms with van der Waals surface area (Å²) in [5.74, 6) is 0. The zero-order valence-corrected chi connectivity index (χ0v) is 9.17. The van der Waals surface area contributed by atoms with Crippen molar-refractivity contribution in [3.05, 3.63) is 33.4 Å². The Hall–Kier alpha value is -0.0500. The molecule has 0 aliphatic rings. The molecule has 0 saturated heterocycles. The molecule has 0 amide bonds. The Bertz CT molecular complexity index is 218. The molecule has 0 unspecified atom stereocenters. The Balaban J connectivity index is 2.62. The van der Waals surface area contributed by atoms with Crippen LogP contribution in [0.5, 0.6) is 0 Å². The maximum Gasteiger partial charge on any atom is 0.297 e. The molecule has 0 saturated carbocycles. The fourth-order valence-electron chi connectivity index (χ4n) is 1.08. The van der Waals surface area contributed by atoms with E-state index in [9.17, 15) is 0 Å². The summed E-state index contributed by atoms with van der Waals surface area (Å²) in [5, 5.41) is 0. The van der Waals surface area contributed by atoms with Gasteiger partial charge in [0.2, 0.25) is 0 Å². The van der Waals surface area contributed by atoms with Gasteiger partial charge in [-0.05, 0) is 18.9 Å². The molecule has 0 nitrogen and oxygen atoms in total. The molecule has 0 atom stereocenters. The molecule has 0 N–H and O–H groups in total. The SMILES string of the molecule is CCCCc1ccccc1[IH+].